The van der Waals surface area contributed by atoms with E-state index in [1.165, 1.54) is 0 Å². The maximum Gasteiger partial charge on any atom is 0.0295 e. The van der Waals surface area contributed by atoms with Crippen molar-refractivity contribution in [1.29, 1.82) is 0 Å². The lowest BCUT2D eigenvalue weighted by Crippen LogP contribution is -1.88. The third-order valence-corrected chi connectivity index (χ3v) is 0.796. The largest absolute Gasteiger partial charge is 0.164 e. The number of hydrogen-bond acceptors (Lipinski definition) is 2. The molecule has 0 atom stereocenters. The molecule has 0 aromatic heterocycles. The molecular formula is C8H16N2. The summed E-state index contributed by atoms with van der Waals surface area (Å²) in [6.07, 6.45) is 3.66. The van der Waals surface area contributed by atoms with Crippen LogP contribution in [0, 0.1) is 11.8 Å². The van der Waals surface area contributed by atoms with Gasteiger partial charge >= 0.3 is 0 Å². The highest BCUT2D eigenvalue weighted by Crippen LogP contribution is 1.87. The summed E-state index contributed by atoms with van der Waals surface area (Å²) in [7, 11) is 0. The van der Waals surface area contributed by atoms with Crippen LogP contribution in [0.5, 0.6) is 0 Å². The molecule has 0 rings (SSSR count). The molecule has 2 nitrogen and oxygen atoms in total. The van der Waals surface area contributed by atoms with Crippen molar-refractivity contribution in [2.75, 3.05) is 0 Å². The first-order valence-electron chi connectivity index (χ1n) is 3.69. The third-order valence-electron chi connectivity index (χ3n) is 0.796. The molecule has 0 aliphatic rings. The van der Waals surface area contributed by atoms with Crippen molar-refractivity contribution in [3.05, 3.63) is 0 Å². The first-order chi connectivity index (χ1) is 4.63. The number of nitrogens with zero attached hydrogens (tertiary/aromatic N) is 2. The van der Waals surface area contributed by atoms with Gasteiger partial charge in [0.2, 0.25) is 0 Å². The monoisotopic (exact) mass is 140 g/mol. The lowest BCUT2D eigenvalue weighted by molar-refractivity contribution is 0.885. The van der Waals surface area contributed by atoms with Crippen molar-refractivity contribution in [2.45, 2.75) is 27.7 Å². The summed E-state index contributed by atoms with van der Waals surface area (Å²) in [4.78, 5) is 0. The molecule has 0 aliphatic carbocycles. The Balaban J connectivity index is 3.52. The maximum atomic E-state index is 3.86. The van der Waals surface area contributed by atoms with Crippen LogP contribution in [0.3, 0.4) is 0 Å². The van der Waals surface area contributed by atoms with Crippen LogP contribution in [0.25, 0.3) is 0 Å². The molecule has 0 bridgehead atoms. The van der Waals surface area contributed by atoms with E-state index in [1.54, 1.807) is 0 Å². The molecule has 0 saturated carbocycles. The second-order valence-electron chi connectivity index (χ2n) is 3.02. The Bertz CT molecular complexity index is 107. The van der Waals surface area contributed by atoms with Crippen molar-refractivity contribution in [1.82, 2.24) is 0 Å². The molecule has 0 amide bonds. The normalized spacial score (nSPS) is 13.0. The van der Waals surface area contributed by atoms with Gasteiger partial charge in [0.25, 0.3) is 0 Å². The summed E-state index contributed by atoms with van der Waals surface area (Å²) in [5, 5.41) is 7.71. The Morgan fingerprint density at radius 3 is 1.30 bits per heavy atom. The molecule has 58 valence electrons. The number of rotatable bonds is 3. The van der Waals surface area contributed by atoms with Crippen LogP contribution in [-0.4, -0.2) is 12.4 Å². The Labute approximate surface area is 63.1 Å². The van der Waals surface area contributed by atoms with Crippen molar-refractivity contribution >= 4 is 12.4 Å². The van der Waals surface area contributed by atoms with Crippen molar-refractivity contribution < 1.29 is 0 Å². The average Bonchev–Trinajstić information content (AvgIpc) is 1.79. The fourth-order valence-electron chi connectivity index (χ4n) is 0.344. The molecule has 0 radical (unpaired) electrons. The first kappa shape index (κ1) is 9.34. The molecule has 0 fully saturated rings. The topological polar surface area (TPSA) is 24.7 Å². The zero-order valence-electron chi connectivity index (χ0n) is 7.20. The molecule has 0 aliphatic heterocycles. The molecule has 0 N–H and O–H groups in total. The van der Waals surface area contributed by atoms with Gasteiger partial charge < -0.3 is 0 Å². The van der Waals surface area contributed by atoms with Crippen LogP contribution in [0.15, 0.2) is 10.2 Å². The highest BCUT2D eigenvalue weighted by molar-refractivity contribution is 5.63. The Morgan fingerprint density at radius 1 is 0.800 bits per heavy atom. The molecule has 0 heterocycles. The van der Waals surface area contributed by atoms with Crippen molar-refractivity contribution in [3.63, 3.8) is 0 Å². The summed E-state index contributed by atoms with van der Waals surface area (Å²) in [6.45, 7) is 8.31. The SMILES string of the molecule is CC(C)/C=N/N=C/C(C)C. The summed E-state index contributed by atoms with van der Waals surface area (Å²) >= 11 is 0. The summed E-state index contributed by atoms with van der Waals surface area (Å²) < 4.78 is 0. The van der Waals surface area contributed by atoms with Gasteiger partial charge in [0, 0.05) is 12.4 Å². The minimum atomic E-state index is 0.490. The summed E-state index contributed by atoms with van der Waals surface area (Å²) in [6, 6.07) is 0. The Hall–Kier alpha value is -0.660. The van der Waals surface area contributed by atoms with Gasteiger partial charge in [-0.3, -0.25) is 0 Å². The van der Waals surface area contributed by atoms with Crippen LogP contribution in [0.4, 0.5) is 0 Å². The molecule has 10 heavy (non-hydrogen) atoms. The van der Waals surface area contributed by atoms with Gasteiger partial charge in [-0.2, -0.15) is 10.2 Å². The van der Waals surface area contributed by atoms with Crippen LogP contribution in [-0.2, 0) is 0 Å². The van der Waals surface area contributed by atoms with Gasteiger partial charge in [-0.25, -0.2) is 0 Å². The third kappa shape index (κ3) is 7.34. The van der Waals surface area contributed by atoms with E-state index >= 15 is 0 Å². The van der Waals surface area contributed by atoms with Gasteiger partial charge in [0.1, 0.15) is 0 Å². The summed E-state index contributed by atoms with van der Waals surface area (Å²) in [5.41, 5.74) is 0. The van der Waals surface area contributed by atoms with E-state index in [9.17, 15) is 0 Å². The van der Waals surface area contributed by atoms with E-state index < -0.39 is 0 Å². The smallest absolute Gasteiger partial charge is 0.0295 e. The fourth-order valence-corrected chi connectivity index (χ4v) is 0.344. The van der Waals surface area contributed by atoms with Crippen molar-refractivity contribution in [3.8, 4) is 0 Å². The second kappa shape index (κ2) is 5.15. The molecule has 0 aromatic carbocycles. The quantitative estimate of drug-likeness (QED) is 0.424. The van der Waals surface area contributed by atoms with Gasteiger partial charge in [0.15, 0.2) is 0 Å². The Morgan fingerprint density at radius 2 is 1.10 bits per heavy atom. The molecule has 2 heteroatoms. The standard InChI is InChI=1S/C8H16N2/c1-7(2)5-9-10-6-8(3)4/h5-8H,1-4H3/b9-5+,10-6+. The molecule has 0 aromatic rings. The second-order valence-corrected chi connectivity index (χ2v) is 3.02. The van der Waals surface area contributed by atoms with Gasteiger partial charge in [-0.1, -0.05) is 27.7 Å². The first-order valence-corrected chi connectivity index (χ1v) is 3.69. The Kier molecular flexibility index (Phi) is 4.81. The van der Waals surface area contributed by atoms with Crippen LogP contribution in [0.2, 0.25) is 0 Å². The highest BCUT2D eigenvalue weighted by Gasteiger charge is 1.83. The predicted molar refractivity (Wildman–Crippen MR) is 46.7 cm³/mol. The van der Waals surface area contributed by atoms with Crippen LogP contribution < -0.4 is 0 Å². The predicted octanol–water partition coefficient (Wildman–Crippen LogP) is 2.36. The van der Waals surface area contributed by atoms with Gasteiger partial charge in [-0.05, 0) is 11.8 Å². The van der Waals surface area contributed by atoms with Gasteiger partial charge in [-0.15, -0.1) is 0 Å². The van der Waals surface area contributed by atoms with Gasteiger partial charge in [0.05, 0.1) is 0 Å². The molecular weight excluding hydrogens is 124 g/mol. The van der Waals surface area contributed by atoms with E-state index in [-0.39, 0.29) is 0 Å². The zero-order valence-corrected chi connectivity index (χ0v) is 7.20. The lowest BCUT2D eigenvalue weighted by atomic mass is 10.2. The molecule has 0 saturated heterocycles. The zero-order chi connectivity index (χ0) is 7.98. The van der Waals surface area contributed by atoms with E-state index in [4.69, 9.17) is 0 Å². The molecule has 0 spiro atoms. The fraction of sp³-hybridized carbons (Fsp3) is 0.750. The maximum absolute atomic E-state index is 3.86. The minimum absolute atomic E-state index is 0.490. The van der Waals surface area contributed by atoms with Crippen LogP contribution in [0.1, 0.15) is 27.7 Å². The van der Waals surface area contributed by atoms with Crippen LogP contribution >= 0.6 is 0 Å². The minimum Gasteiger partial charge on any atom is -0.164 e. The average molecular weight is 140 g/mol. The van der Waals surface area contributed by atoms with E-state index in [2.05, 4.69) is 37.9 Å². The number of hydrogen-bond donors (Lipinski definition) is 0. The summed E-state index contributed by atoms with van der Waals surface area (Å²) in [5.74, 6) is 0.980. The van der Waals surface area contributed by atoms with E-state index in [0.717, 1.165) is 0 Å². The van der Waals surface area contributed by atoms with E-state index in [1.807, 2.05) is 12.4 Å². The lowest BCUT2D eigenvalue weighted by Gasteiger charge is -1.90. The molecule has 0 unspecified atom stereocenters. The van der Waals surface area contributed by atoms with E-state index in [0.29, 0.717) is 11.8 Å². The van der Waals surface area contributed by atoms with Crippen molar-refractivity contribution in [2.24, 2.45) is 22.0 Å². The highest BCUT2D eigenvalue weighted by atomic mass is 15.2.